The standard InChI is InChI=1S/C20H20N4O3S/c1-25-16-9-5-4-7-14(16)8-6-12-21-24-19(22-23-20(24)28)15-10-11-17(26-2)18(13-15)27-3/h4-13H,1-3H3,(H,23,28)/b8-6+,21-12+. The fraction of sp³-hybridized carbons (Fsp3) is 0.150. The number of para-hydroxylation sites is 1. The number of ether oxygens (including phenoxy) is 3. The maximum atomic E-state index is 5.35. The van der Waals surface area contributed by atoms with Crippen LogP contribution in [0.4, 0.5) is 0 Å². The number of hydrogen-bond acceptors (Lipinski definition) is 6. The SMILES string of the molecule is COc1ccccc1/C=C/C=N/n1c(-c2ccc(OC)c(OC)c2)n[nH]c1=S. The van der Waals surface area contributed by atoms with Crippen LogP contribution in [0, 0.1) is 4.77 Å². The highest BCUT2D eigenvalue weighted by molar-refractivity contribution is 7.71. The smallest absolute Gasteiger partial charge is 0.216 e. The van der Waals surface area contributed by atoms with Gasteiger partial charge in [-0.3, -0.25) is 0 Å². The highest BCUT2D eigenvalue weighted by atomic mass is 32.1. The molecule has 0 radical (unpaired) electrons. The number of nitrogens with one attached hydrogen (secondary N) is 1. The summed E-state index contributed by atoms with van der Waals surface area (Å²) in [6, 6.07) is 13.2. The topological polar surface area (TPSA) is 73.7 Å². The Hall–Kier alpha value is -3.39. The fourth-order valence-electron chi connectivity index (χ4n) is 2.62. The molecule has 0 aliphatic carbocycles. The zero-order valence-electron chi connectivity index (χ0n) is 15.7. The van der Waals surface area contributed by atoms with Crippen molar-refractivity contribution in [3.05, 3.63) is 58.9 Å². The Morgan fingerprint density at radius 3 is 2.50 bits per heavy atom. The van der Waals surface area contributed by atoms with Crippen molar-refractivity contribution in [2.45, 2.75) is 0 Å². The second-order valence-corrected chi connectivity index (χ2v) is 5.99. The van der Waals surface area contributed by atoms with Crippen LogP contribution < -0.4 is 14.2 Å². The van der Waals surface area contributed by atoms with E-state index in [2.05, 4.69) is 15.3 Å². The van der Waals surface area contributed by atoms with Crippen LogP contribution in [0.2, 0.25) is 0 Å². The van der Waals surface area contributed by atoms with Gasteiger partial charge in [-0.15, -0.1) is 0 Å². The molecule has 0 bridgehead atoms. The number of aromatic amines is 1. The van der Waals surface area contributed by atoms with E-state index < -0.39 is 0 Å². The van der Waals surface area contributed by atoms with Crippen LogP contribution in [0.5, 0.6) is 17.2 Å². The summed E-state index contributed by atoms with van der Waals surface area (Å²) < 4.78 is 17.9. The van der Waals surface area contributed by atoms with E-state index in [0.717, 1.165) is 16.9 Å². The van der Waals surface area contributed by atoms with E-state index in [0.29, 0.717) is 22.1 Å². The summed E-state index contributed by atoms with van der Waals surface area (Å²) in [7, 11) is 4.81. The Bertz CT molecular complexity index is 1070. The number of H-pyrrole nitrogens is 1. The van der Waals surface area contributed by atoms with Crippen LogP contribution in [0.25, 0.3) is 17.5 Å². The van der Waals surface area contributed by atoms with Crippen LogP contribution in [0.3, 0.4) is 0 Å². The number of hydrogen-bond donors (Lipinski definition) is 1. The molecular formula is C20H20N4O3S. The molecule has 1 N–H and O–H groups in total. The first-order valence-corrected chi connectivity index (χ1v) is 8.82. The van der Waals surface area contributed by atoms with E-state index in [1.54, 1.807) is 32.2 Å². The maximum absolute atomic E-state index is 5.35. The Kier molecular flexibility index (Phi) is 6.23. The molecule has 1 heterocycles. The summed E-state index contributed by atoms with van der Waals surface area (Å²) in [5.41, 5.74) is 1.74. The van der Waals surface area contributed by atoms with Gasteiger partial charge in [0.05, 0.1) is 21.3 Å². The maximum Gasteiger partial charge on any atom is 0.216 e. The second-order valence-electron chi connectivity index (χ2n) is 5.60. The molecule has 144 valence electrons. The van der Waals surface area contributed by atoms with E-state index >= 15 is 0 Å². The van der Waals surface area contributed by atoms with Crippen LogP contribution in [0.1, 0.15) is 5.56 Å². The number of aromatic nitrogens is 3. The quantitative estimate of drug-likeness (QED) is 0.479. The highest BCUT2D eigenvalue weighted by Crippen LogP contribution is 2.31. The van der Waals surface area contributed by atoms with Gasteiger partial charge in [0.2, 0.25) is 4.77 Å². The first-order valence-electron chi connectivity index (χ1n) is 8.41. The summed E-state index contributed by atoms with van der Waals surface area (Å²) in [6.45, 7) is 0. The lowest BCUT2D eigenvalue weighted by Gasteiger charge is -2.08. The van der Waals surface area contributed by atoms with E-state index in [1.807, 2.05) is 54.6 Å². The van der Waals surface area contributed by atoms with Crippen molar-refractivity contribution < 1.29 is 14.2 Å². The first kappa shape index (κ1) is 19.4. The number of rotatable bonds is 7. The molecule has 0 saturated heterocycles. The Morgan fingerprint density at radius 1 is 1.00 bits per heavy atom. The molecule has 3 rings (SSSR count). The van der Waals surface area contributed by atoms with Gasteiger partial charge in [-0.25, -0.2) is 5.10 Å². The van der Waals surface area contributed by atoms with Gasteiger partial charge in [0, 0.05) is 17.3 Å². The van der Waals surface area contributed by atoms with E-state index in [9.17, 15) is 0 Å². The minimum Gasteiger partial charge on any atom is -0.496 e. The summed E-state index contributed by atoms with van der Waals surface area (Å²) in [5.74, 6) is 2.58. The van der Waals surface area contributed by atoms with Gasteiger partial charge in [-0.1, -0.05) is 18.2 Å². The van der Waals surface area contributed by atoms with Crippen LogP contribution >= 0.6 is 12.2 Å². The largest absolute Gasteiger partial charge is 0.496 e. The highest BCUT2D eigenvalue weighted by Gasteiger charge is 2.12. The average Bonchev–Trinajstić information content (AvgIpc) is 3.11. The molecule has 0 saturated carbocycles. The molecule has 8 heteroatoms. The normalized spacial score (nSPS) is 11.2. The summed E-state index contributed by atoms with van der Waals surface area (Å²) >= 11 is 5.30. The number of nitrogens with zero attached hydrogens (tertiary/aromatic N) is 3. The summed E-state index contributed by atoms with van der Waals surface area (Å²) in [5, 5.41) is 11.4. The Morgan fingerprint density at radius 2 is 1.75 bits per heavy atom. The molecule has 0 spiro atoms. The molecule has 2 aromatic carbocycles. The zero-order valence-corrected chi connectivity index (χ0v) is 16.6. The number of methoxy groups -OCH3 is 3. The Labute approximate surface area is 167 Å². The van der Waals surface area contributed by atoms with Crippen molar-refractivity contribution >= 4 is 24.5 Å². The van der Waals surface area contributed by atoms with Gasteiger partial charge in [0.1, 0.15) is 5.75 Å². The van der Waals surface area contributed by atoms with Gasteiger partial charge < -0.3 is 14.2 Å². The molecule has 0 aliphatic heterocycles. The molecule has 0 atom stereocenters. The second kappa shape index (κ2) is 9.01. The molecule has 0 unspecified atom stereocenters. The van der Waals surface area contributed by atoms with Crippen molar-refractivity contribution in [3.8, 4) is 28.6 Å². The van der Waals surface area contributed by atoms with Gasteiger partial charge in [-0.2, -0.15) is 14.9 Å². The fourth-order valence-corrected chi connectivity index (χ4v) is 2.80. The van der Waals surface area contributed by atoms with Gasteiger partial charge in [0.15, 0.2) is 17.3 Å². The number of benzene rings is 2. The van der Waals surface area contributed by atoms with Crippen molar-refractivity contribution in [2.24, 2.45) is 5.10 Å². The third kappa shape index (κ3) is 4.12. The number of allylic oxidation sites excluding steroid dienone is 1. The first-order chi connectivity index (χ1) is 13.7. The van der Waals surface area contributed by atoms with Gasteiger partial charge in [0.25, 0.3) is 0 Å². The predicted molar refractivity (Wildman–Crippen MR) is 112 cm³/mol. The van der Waals surface area contributed by atoms with Crippen molar-refractivity contribution in [1.29, 1.82) is 0 Å². The molecule has 3 aromatic rings. The molecule has 28 heavy (non-hydrogen) atoms. The van der Waals surface area contributed by atoms with Crippen molar-refractivity contribution in [3.63, 3.8) is 0 Å². The summed E-state index contributed by atoms with van der Waals surface area (Å²) in [6.07, 6.45) is 5.36. The van der Waals surface area contributed by atoms with E-state index in [4.69, 9.17) is 26.4 Å². The van der Waals surface area contributed by atoms with Crippen LogP contribution in [-0.4, -0.2) is 42.4 Å². The minimum atomic E-state index is 0.381. The molecular weight excluding hydrogens is 376 g/mol. The van der Waals surface area contributed by atoms with Crippen LogP contribution in [-0.2, 0) is 0 Å². The molecule has 0 fully saturated rings. The Balaban J connectivity index is 1.88. The monoisotopic (exact) mass is 396 g/mol. The third-order valence-electron chi connectivity index (χ3n) is 3.98. The molecule has 0 aliphatic rings. The van der Waals surface area contributed by atoms with E-state index in [-0.39, 0.29) is 0 Å². The van der Waals surface area contributed by atoms with Crippen molar-refractivity contribution in [2.75, 3.05) is 21.3 Å². The molecule has 1 aromatic heterocycles. The van der Waals surface area contributed by atoms with Gasteiger partial charge >= 0.3 is 0 Å². The lowest BCUT2D eigenvalue weighted by atomic mass is 10.2. The van der Waals surface area contributed by atoms with Crippen LogP contribution in [0.15, 0.2) is 53.6 Å². The average molecular weight is 396 g/mol. The molecule has 0 amide bonds. The lowest BCUT2D eigenvalue weighted by molar-refractivity contribution is 0.355. The lowest BCUT2D eigenvalue weighted by Crippen LogP contribution is -1.96. The van der Waals surface area contributed by atoms with E-state index in [1.165, 1.54) is 0 Å². The third-order valence-corrected chi connectivity index (χ3v) is 4.24. The minimum absolute atomic E-state index is 0.381. The van der Waals surface area contributed by atoms with Gasteiger partial charge in [-0.05, 0) is 48.6 Å². The van der Waals surface area contributed by atoms with Crippen molar-refractivity contribution in [1.82, 2.24) is 14.9 Å². The zero-order chi connectivity index (χ0) is 19.9. The molecule has 7 nitrogen and oxygen atoms in total. The predicted octanol–water partition coefficient (Wildman–Crippen LogP) is 4.18. The summed E-state index contributed by atoms with van der Waals surface area (Å²) in [4.78, 5) is 0.